The van der Waals surface area contributed by atoms with E-state index in [2.05, 4.69) is 24.4 Å². The highest BCUT2D eigenvalue weighted by Gasteiger charge is 2.23. The molecule has 3 heteroatoms. The third-order valence-corrected chi connectivity index (χ3v) is 2.96. The molecule has 0 saturated heterocycles. The van der Waals surface area contributed by atoms with Crippen molar-refractivity contribution >= 4 is 5.97 Å². The Kier molecular flexibility index (Phi) is 6.03. The number of esters is 1. The molecule has 0 spiro atoms. The average molecular weight is 263 g/mol. The monoisotopic (exact) mass is 263 g/mol. The first kappa shape index (κ1) is 15.7. The second-order valence-corrected chi connectivity index (χ2v) is 5.82. The minimum atomic E-state index is -0.433. The van der Waals surface area contributed by atoms with E-state index in [0.717, 1.165) is 13.0 Å². The smallest absolute Gasteiger partial charge is 0.311 e. The molecule has 0 aliphatic carbocycles. The lowest BCUT2D eigenvalue weighted by molar-refractivity contribution is -0.153. The molecule has 19 heavy (non-hydrogen) atoms. The molecule has 1 rings (SSSR count). The lowest BCUT2D eigenvalue weighted by Gasteiger charge is -2.21. The standard InChI is InChI=1S/C16H25NO2/c1-5-14(12-19-15(18)16(2,3)4)17-11-13-9-7-6-8-10-13/h6-10,14,17H,5,11-12H2,1-4H3. The topological polar surface area (TPSA) is 38.3 Å². The Bertz CT molecular complexity index is 381. The molecule has 1 aromatic rings. The van der Waals surface area contributed by atoms with Crippen LogP contribution >= 0.6 is 0 Å². The highest BCUT2D eigenvalue weighted by molar-refractivity contribution is 5.75. The Balaban J connectivity index is 2.36. The maximum absolute atomic E-state index is 11.7. The van der Waals surface area contributed by atoms with Gasteiger partial charge in [-0.3, -0.25) is 4.79 Å². The molecular formula is C16H25NO2. The van der Waals surface area contributed by atoms with Gasteiger partial charge < -0.3 is 10.1 Å². The van der Waals surface area contributed by atoms with E-state index < -0.39 is 5.41 Å². The van der Waals surface area contributed by atoms with E-state index in [9.17, 15) is 4.79 Å². The maximum Gasteiger partial charge on any atom is 0.311 e. The third kappa shape index (κ3) is 5.88. The predicted octanol–water partition coefficient (Wildman–Crippen LogP) is 3.14. The Morgan fingerprint density at radius 2 is 1.89 bits per heavy atom. The molecule has 3 nitrogen and oxygen atoms in total. The number of carbonyl (C=O) groups excluding carboxylic acids is 1. The van der Waals surface area contributed by atoms with E-state index in [4.69, 9.17) is 4.74 Å². The first-order valence-electron chi connectivity index (χ1n) is 6.88. The number of nitrogens with one attached hydrogen (secondary N) is 1. The summed E-state index contributed by atoms with van der Waals surface area (Å²) in [5.41, 5.74) is 0.806. The molecule has 0 amide bonds. The highest BCUT2D eigenvalue weighted by Crippen LogP contribution is 2.15. The summed E-state index contributed by atoms with van der Waals surface area (Å²) in [6.45, 7) is 8.93. The van der Waals surface area contributed by atoms with Crippen LogP contribution in [0.25, 0.3) is 0 Å². The van der Waals surface area contributed by atoms with Gasteiger partial charge >= 0.3 is 5.97 Å². The molecular weight excluding hydrogens is 238 g/mol. The summed E-state index contributed by atoms with van der Waals surface area (Å²) >= 11 is 0. The summed E-state index contributed by atoms with van der Waals surface area (Å²) in [5, 5.41) is 3.42. The lowest BCUT2D eigenvalue weighted by Crippen LogP contribution is -2.35. The molecule has 106 valence electrons. The SMILES string of the molecule is CCC(COC(=O)C(C)(C)C)NCc1ccccc1. The van der Waals surface area contributed by atoms with Gasteiger partial charge in [0.15, 0.2) is 0 Å². The molecule has 0 aliphatic heterocycles. The van der Waals surface area contributed by atoms with Crippen molar-refractivity contribution < 1.29 is 9.53 Å². The molecule has 0 radical (unpaired) electrons. The van der Waals surface area contributed by atoms with Crippen molar-refractivity contribution in [2.75, 3.05) is 6.61 Å². The number of ether oxygens (including phenoxy) is 1. The zero-order valence-corrected chi connectivity index (χ0v) is 12.4. The number of carbonyl (C=O) groups is 1. The third-order valence-electron chi connectivity index (χ3n) is 2.96. The molecule has 1 N–H and O–H groups in total. The van der Waals surface area contributed by atoms with Crippen LogP contribution in [-0.4, -0.2) is 18.6 Å². The van der Waals surface area contributed by atoms with Crippen molar-refractivity contribution in [1.29, 1.82) is 0 Å². The normalized spacial score (nSPS) is 13.1. The predicted molar refractivity (Wildman–Crippen MR) is 77.8 cm³/mol. The molecule has 1 aromatic carbocycles. The summed E-state index contributed by atoms with van der Waals surface area (Å²) in [7, 11) is 0. The fraction of sp³-hybridized carbons (Fsp3) is 0.562. The van der Waals surface area contributed by atoms with E-state index in [1.807, 2.05) is 39.0 Å². The number of rotatable bonds is 6. The molecule has 0 saturated carbocycles. The molecule has 0 aliphatic rings. The minimum absolute atomic E-state index is 0.146. The van der Waals surface area contributed by atoms with Crippen LogP contribution in [-0.2, 0) is 16.1 Å². The van der Waals surface area contributed by atoms with Crippen LogP contribution in [0.1, 0.15) is 39.7 Å². The number of benzene rings is 1. The van der Waals surface area contributed by atoms with Crippen molar-refractivity contribution in [3.8, 4) is 0 Å². The summed E-state index contributed by atoms with van der Waals surface area (Å²) in [6.07, 6.45) is 0.935. The van der Waals surface area contributed by atoms with Crippen LogP contribution in [0.15, 0.2) is 30.3 Å². The summed E-state index contributed by atoms with van der Waals surface area (Å²) in [6, 6.07) is 10.4. The van der Waals surface area contributed by atoms with Gasteiger partial charge in [0, 0.05) is 12.6 Å². The van der Waals surface area contributed by atoms with E-state index in [1.54, 1.807) is 0 Å². The van der Waals surface area contributed by atoms with E-state index >= 15 is 0 Å². The van der Waals surface area contributed by atoms with Crippen molar-refractivity contribution in [3.05, 3.63) is 35.9 Å². The van der Waals surface area contributed by atoms with Crippen LogP contribution in [0, 0.1) is 5.41 Å². The van der Waals surface area contributed by atoms with Gasteiger partial charge in [0.05, 0.1) is 5.41 Å². The molecule has 0 bridgehead atoms. The number of hydrogen-bond acceptors (Lipinski definition) is 3. The molecule has 1 atom stereocenters. The van der Waals surface area contributed by atoms with E-state index in [1.165, 1.54) is 5.56 Å². The number of hydrogen-bond donors (Lipinski definition) is 1. The second-order valence-electron chi connectivity index (χ2n) is 5.82. The summed E-state index contributed by atoms with van der Waals surface area (Å²) in [5.74, 6) is -0.146. The first-order valence-corrected chi connectivity index (χ1v) is 6.88. The maximum atomic E-state index is 11.7. The molecule has 1 unspecified atom stereocenters. The van der Waals surface area contributed by atoms with Gasteiger partial charge in [-0.25, -0.2) is 0 Å². The van der Waals surface area contributed by atoms with Gasteiger partial charge in [-0.05, 0) is 32.8 Å². The van der Waals surface area contributed by atoms with Gasteiger partial charge in [0.1, 0.15) is 6.61 Å². The van der Waals surface area contributed by atoms with Gasteiger partial charge in [-0.1, -0.05) is 37.3 Å². The summed E-state index contributed by atoms with van der Waals surface area (Å²) in [4.78, 5) is 11.7. The van der Waals surface area contributed by atoms with Crippen molar-refractivity contribution in [2.24, 2.45) is 5.41 Å². The molecule has 0 fully saturated rings. The molecule has 0 heterocycles. The Labute approximate surface area is 116 Å². The fourth-order valence-electron chi connectivity index (χ4n) is 1.57. The van der Waals surface area contributed by atoms with Crippen LogP contribution in [0.5, 0.6) is 0 Å². The lowest BCUT2D eigenvalue weighted by atomic mass is 9.97. The fourth-order valence-corrected chi connectivity index (χ4v) is 1.57. The van der Waals surface area contributed by atoms with Crippen LogP contribution in [0.3, 0.4) is 0 Å². The van der Waals surface area contributed by atoms with Gasteiger partial charge in [0.25, 0.3) is 0 Å². The van der Waals surface area contributed by atoms with Crippen molar-refractivity contribution in [1.82, 2.24) is 5.32 Å². The van der Waals surface area contributed by atoms with Gasteiger partial charge in [-0.2, -0.15) is 0 Å². The van der Waals surface area contributed by atoms with Gasteiger partial charge in [-0.15, -0.1) is 0 Å². The second kappa shape index (κ2) is 7.29. The van der Waals surface area contributed by atoms with Crippen molar-refractivity contribution in [3.63, 3.8) is 0 Å². The average Bonchev–Trinajstić information content (AvgIpc) is 2.38. The zero-order valence-electron chi connectivity index (χ0n) is 12.4. The molecule has 0 aromatic heterocycles. The van der Waals surface area contributed by atoms with E-state index in [-0.39, 0.29) is 12.0 Å². The summed E-state index contributed by atoms with van der Waals surface area (Å²) < 4.78 is 5.35. The van der Waals surface area contributed by atoms with Crippen LogP contribution < -0.4 is 5.32 Å². The Hall–Kier alpha value is -1.35. The van der Waals surface area contributed by atoms with Gasteiger partial charge in [0.2, 0.25) is 0 Å². The first-order chi connectivity index (χ1) is 8.93. The highest BCUT2D eigenvalue weighted by atomic mass is 16.5. The van der Waals surface area contributed by atoms with Crippen LogP contribution in [0.4, 0.5) is 0 Å². The Morgan fingerprint density at radius 3 is 2.42 bits per heavy atom. The minimum Gasteiger partial charge on any atom is -0.464 e. The quantitative estimate of drug-likeness (QED) is 0.801. The largest absolute Gasteiger partial charge is 0.464 e. The van der Waals surface area contributed by atoms with E-state index in [0.29, 0.717) is 6.61 Å². The van der Waals surface area contributed by atoms with Crippen molar-refractivity contribution in [2.45, 2.75) is 46.7 Å². The Morgan fingerprint density at radius 1 is 1.26 bits per heavy atom. The van der Waals surface area contributed by atoms with Crippen LogP contribution in [0.2, 0.25) is 0 Å². The zero-order chi connectivity index (χ0) is 14.3.